The van der Waals surface area contributed by atoms with Crippen molar-refractivity contribution in [2.45, 2.75) is 12.8 Å². The SMILES string of the molecule is O=C(CCCNC(=O)c1cccs1)Nc1ccccc1I. The van der Waals surface area contributed by atoms with Gasteiger partial charge in [-0.15, -0.1) is 11.3 Å². The number of amides is 2. The zero-order valence-electron chi connectivity index (χ0n) is 11.3. The second-order valence-corrected chi connectivity index (χ2v) is 6.47. The Bertz CT molecular complexity index is 614. The summed E-state index contributed by atoms with van der Waals surface area (Å²) < 4.78 is 1.01. The van der Waals surface area contributed by atoms with Crippen LogP contribution >= 0.6 is 33.9 Å². The highest BCUT2D eigenvalue weighted by Crippen LogP contribution is 2.17. The summed E-state index contributed by atoms with van der Waals surface area (Å²) in [6.45, 7) is 0.496. The maximum absolute atomic E-state index is 11.8. The topological polar surface area (TPSA) is 58.2 Å². The molecule has 0 radical (unpaired) electrons. The van der Waals surface area contributed by atoms with Gasteiger partial charge in [0, 0.05) is 16.5 Å². The second kappa shape index (κ2) is 8.14. The Morgan fingerprint density at radius 3 is 2.67 bits per heavy atom. The summed E-state index contributed by atoms with van der Waals surface area (Å²) >= 11 is 3.59. The molecule has 0 saturated carbocycles. The van der Waals surface area contributed by atoms with Crippen LogP contribution in [0.4, 0.5) is 5.69 Å². The molecule has 0 aliphatic carbocycles. The molecule has 21 heavy (non-hydrogen) atoms. The maximum Gasteiger partial charge on any atom is 0.261 e. The van der Waals surface area contributed by atoms with Crippen molar-refractivity contribution >= 4 is 51.4 Å². The summed E-state index contributed by atoms with van der Waals surface area (Å²) in [5.41, 5.74) is 0.825. The van der Waals surface area contributed by atoms with Gasteiger partial charge >= 0.3 is 0 Å². The van der Waals surface area contributed by atoms with Gasteiger partial charge < -0.3 is 10.6 Å². The lowest BCUT2D eigenvalue weighted by molar-refractivity contribution is -0.116. The first-order chi connectivity index (χ1) is 10.2. The minimum Gasteiger partial charge on any atom is -0.351 e. The molecule has 2 amide bonds. The lowest BCUT2D eigenvalue weighted by atomic mass is 10.2. The van der Waals surface area contributed by atoms with E-state index in [1.54, 1.807) is 6.07 Å². The van der Waals surface area contributed by atoms with Crippen LogP contribution in [0.25, 0.3) is 0 Å². The standard InChI is InChI=1S/C15H15IN2O2S/c16-11-5-1-2-6-12(11)18-14(19)8-3-9-17-15(20)13-7-4-10-21-13/h1-2,4-7,10H,3,8-9H2,(H,17,20)(H,18,19). The monoisotopic (exact) mass is 414 g/mol. The van der Waals surface area contributed by atoms with E-state index >= 15 is 0 Å². The normalized spacial score (nSPS) is 10.1. The third-order valence-electron chi connectivity index (χ3n) is 2.76. The molecule has 1 heterocycles. The number of rotatable bonds is 6. The van der Waals surface area contributed by atoms with E-state index in [0.29, 0.717) is 24.3 Å². The Morgan fingerprint density at radius 1 is 1.14 bits per heavy atom. The molecule has 1 aromatic carbocycles. The molecule has 0 saturated heterocycles. The molecule has 2 rings (SSSR count). The zero-order valence-corrected chi connectivity index (χ0v) is 14.2. The maximum atomic E-state index is 11.8. The van der Waals surface area contributed by atoms with Crippen molar-refractivity contribution in [3.8, 4) is 0 Å². The van der Waals surface area contributed by atoms with Gasteiger partial charge in [0.15, 0.2) is 0 Å². The van der Waals surface area contributed by atoms with E-state index in [2.05, 4.69) is 33.2 Å². The van der Waals surface area contributed by atoms with Crippen LogP contribution in [0.2, 0.25) is 0 Å². The molecule has 1 aromatic heterocycles. The van der Waals surface area contributed by atoms with Crippen LogP contribution in [-0.4, -0.2) is 18.4 Å². The van der Waals surface area contributed by atoms with E-state index in [1.165, 1.54) is 11.3 Å². The zero-order chi connectivity index (χ0) is 15.1. The van der Waals surface area contributed by atoms with Crippen molar-refractivity contribution in [2.24, 2.45) is 0 Å². The lowest BCUT2D eigenvalue weighted by Crippen LogP contribution is -2.24. The molecule has 0 bridgehead atoms. The molecule has 0 aliphatic heterocycles. The molecule has 4 nitrogen and oxygen atoms in total. The third-order valence-corrected chi connectivity index (χ3v) is 4.57. The van der Waals surface area contributed by atoms with Gasteiger partial charge in [0.25, 0.3) is 5.91 Å². The summed E-state index contributed by atoms with van der Waals surface area (Å²) in [5, 5.41) is 7.54. The van der Waals surface area contributed by atoms with Crippen molar-refractivity contribution in [2.75, 3.05) is 11.9 Å². The van der Waals surface area contributed by atoms with Crippen LogP contribution in [-0.2, 0) is 4.79 Å². The largest absolute Gasteiger partial charge is 0.351 e. The van der Waals surface area contributed by atoms with Crippen LogP contribution < -0.4 is 10.6 Å². The molecule has 110 valence electrons. The van der Waals surface area contributed by atoms with Gasteiger partial charge in [0.1, 0.15) is 0 Å². The fourth-order valence-electron chi connectivity index (χ4n) is 1.72. The molecular formula is C15H15IN2O2S. The fraction of sp³-hybridized carbons (Fsp3) is 0.200. The van der Waals surface area contributed by atoms with Crippen molar-refractivity contribution < 1.29 is 9.59 Å². The minimum absolute atomic E-state index is 0.0375. The summed E-state index contributed by atoms with van der Waals surface area (Å²) in [4.78, 5) is 24.2. The Balaban J connectivity index is 1.68. The second-order valence-electron chi connectivity index (χ2n) is 4.36. The van der Waals surface area contributed by atoms with Gasteiger partial charge in [0.05, 0.1) is 10.6 Å². The summed E-state index contributed by atoms with van der Waals surface area (Å²) in [6.07, 6.45) is 1.00. The Hall–Kier alpha value is -1.41. The third kappa shape index (κ3) is 5.13. The molecule has 0 fully saturated rings. The van der Waals surface area contributed by atoms with Gasteiger partial charge in [-0.3, -0.25) is 9.59 Å². The summed E-state index contributed by atoms with van der Waals surface area (Å²) in [6, 6.07) is 11.3. The van der Waals surface area contributed by atoms with E-state index in [1.807, 2.05) is 35.7 Å². The van der Waals surface area contributed by atoms with Crippen molar-refractivity contribution in [3.05, 3.63) is 50.2 Å². The van der Waals surface area contributed by atoms with Crippen LogP contribution in [0.5, 0.6) is 0 Å². The average molecular weight is 414 g/mol. The smallest absolute Gasteiger partial charge is 0.261 e. The number of carbonyl (C=O) groups excluding carboxylic acids is 2. The van der Waals surface area contributed by atoms with Crippen LogP contribution in [0, 0.1) is 3.57 Å². The fourth-order valence-corrected chi connectivity index (χ4v) is 2.88. The highest BCUT2D eigenvalue weighted by atomic mass is 127. The quantitative estimate of drug-likeness (QED) is 0.562. The van der Waals surface area contributed by atoms with Gasteiger partial charge in [0.2, 0.25) is 5.91 Å². The van der Waals surface area contributed by atoms with Gasteiger partial charge in [-0.1, -0.05) is 18.2 Å². The lowest BCUT2D eigenvalue weighted by Gasteiger charge is -2.07. The van der Waals surface area contributed by atoms with Crippen LogP contribution in [0.3, 0.4) is 0 Å². The molecule has 0 aliphatic rings. The van der Waals surface area contributed by atoms with E-state index in [-0.39, 0.29) is 11.8 Å². The average Bonchev–Trinajstić information content (AvgIpc) is 3.00. The number of nitrogens with one attached hydrogen (secondary N) is 2. The predicted octanol–water partition coefficient (Wildman–Crippen LogP) is 3.50. The van der Waals surface area contributed by atoms with Crippen LogP contribution in [0.15, 0.2) is 41.8 Å². The number of hydrogen-bond acceptors (Lipinski definition) is 3. The number of carbonyl (C=O) groups is 2. The van der Waals surface area contributed by atoms with E-state index in [4.69, 9.17) is 0 Å². The number of halogens is 1. The highest BCUT2D eigenvalue weighted by Gasteiger charge is 2.07. The first-order valence-electron chi connectivity index (χ1n) is 6.53. The number of thiophene rings is 1. The minimum atomic E-state index is -0.0805. The summed E-state index contributed by atoms with van der Waals surface area (Å²) in [5.74, 6) is -0.118. The number of anilines is 1. The first kappa shape index (κ1) is 16.0. The Labute approximate surface area is 141 Å². The van der Waals surface area contributed by atoms with E-state index < -0.39 is 0 Å². The highest BCUT2D eigenvalue weighted by molar-refractivity contribution is 14.1. The molecular weight excluding hydrogens is 399 g/mol. The Morgan fingerprint density at radius 2 is 1.95 bits per heavy atom. The Kier molecular flexibility index (Phi) is 6.19. The van der Waals surface area contributed by atoms with Crippen molar-refractivity contribution in [1.82, 2.24) is 5.32 Å². The number of benzene rings is 1. The van der Waals surface area contributed by atoms with Crippen molar-refractivity contribution in [1.29, 1.82) is 0 Å². The number of para-hydroxylation sites is 1. The van der Waals surface area contributed by atoms with Gasteiger partial charge in [-0.05, 0) is 52.6 Å². The van der Waals surface area contributed by atoms with Gasteiger partial charge in [-0.25, -0.2) is 0 Å². The number of hydrogen-bond donors (Lipinski definition) is 2. The molecule has 0 unspecified atom stereocenters. The molecule has 0 atom stereocenters. The predicted molar refractivity (Wildman–Crippen MR) is 93.7 cm³/mol. The van der Waals surface area contributed by atoms with E-state index in [0.717, 1.165) is 9.26 Å². The van der Waals surface area contributed by atoms with E-state index in [9.17, 15) is 9.59 Å². The first-order valence-corrected chi connectivity index (χ1v) is 8.49. The van der Waals surface area contributed by atoms with Crippen molar-refractivity contribution in [3.63, 3.8) is 0 Å². The summed E-state index contributed by atoms with van der Waals surface area (Å²) in [7, 11) is 0. The molecule has 6 heteroatoms. The van der Waals surface area contributed by atoms with Gasteiger partial charge in [-0.2, -0.15) is 0 Å². The van der Waals surface area contributed by atoms with Crippen LogP contribution in [0.1, 0.15) is 22.5 Å². The molecule has 0 spiro atoms. The molecule has 2 aromatic rings. The molecule has 2 N–H and O–H groups in total.